The molecule has 0 aromatic heterocycles. The first-order chi connectivity index (χ1) is 11.6. The molecule has 0 aromatic rings. The number of esters is 2. The van der Waals surface area contributed by atoms with E-state index in [0.29, 0.717) is 37.8 Å². The van der Waals surface area contributed by atoms with Gasteiger partial charge >= 0.3 is 11.9 Å². The molecule has 3 aliphatic rings. The minimum absolute atomic E-state index is 0.206. The first-order valence-corrected chi connectivity index (χ1v) is 8.95. The van der Waals surface area contributed by atoms with Gasteiger partial charge in [0.1, 0.15) is 0 Å². The van der Waals surface area contributed by atoms with Gasteiger partial charge in [-0.3, -0.25) is 0 Å². The fourth-order valence-electron chi connectivity index (χ4n) is 3.68. The van der Waals surface area contributed by atoms with Crippen LogP contribution in [0.4, 0.5) is 0 Å². The van der Waals surface area contributed by atoms with Gasteiger partial charge in [-0.1, -0.05) is 6.42 Å². The summed E-state index contributed by atoms with van der Waals surface area (Å²) < 4.78 is 15.8. The summed E-state index contributed by atoms with van der Waals surface area (Å²) in [4.78, 5) is 23.3. The number of hydrogen-bond donors (Lipinski definition) is 1. The van der Waals surface area contributed by atoms with Crippen LogP contribution in [0.15, 0.2) is 12.2 Å². The van der Waals surface area contributed by atoms with E-state index in [2.05, 4.69) is 0 Å². The number of ether oxygens (including phenoxy) is 3. The quantitative estimate of drug-likeness (QED) is 0.451. The molecule has 3 rings (SSSR count). The fourth-order valence-corrected chi connectivity index (χ4v) is 3.68. The predicted molar refractivity (Wildman–Crippen MR) is 85.0 cm³/mol. The van der Waals surface area contributed by atoms with Crippen LogP contribution in [0.25, 0.3) is 0 Å². The molecule has 2 aliphatic carbocycles. The second-order valence-electron chi connectivity index (χ2n) is 7.17. The average Bonchev–Trinajstić information content (AvgIpc) is 3.35. The highest BCUT2D eigenvalue weighted by Crippen LogP contribution is 2.39. The summed E-state index contributed by atoms with van der Waals surface area (Å²) in [5.41, 5.74) is 0. The van der Waals surface area contributed by atoms with E-state index in [-0.39, 0.29) is 12.0 Å². The monoisotopic (exact) mass is 338 g/mol. The number of aliphatic hydroxyl groups excluding tert-OH is 1. The highest BCUT2D eigenvalue weighted by Gasteiger charge is 2.43. The van der Waals surface area contributed by atoms with Gasteiger partial charge in [0, 0.05) is 12.2 Å². The van der Waals surface area contributed by atoms with Gasteiger partial charge in [-0.25, -0.2) is 9.59 Å². The average molecular weight is 338 g/mol. The van der Waals surface area contributed by atoms with Gasteiger partial charge in [-0.2, -0.15) is 0 Å². The third kappa shape index (κ3) is 5.31. The van der Waals surface area contributed by atoms with Crippen molar-refractivity contribution in [2.75, 3.05) is 13.2 Å². The summed E-state index contributed by atoms with van der Waals surface area (Å²) >= 11 is 0. The van der Waals surface area contributed by atoms with Crippen molar-refractivity contribution in [1.29, 1.82) is 0 Å². The van der Waals surface area contributed by atoms with E-state index in [1.807, 2.05) is 0 Å². The molecule has 1 heterocycles. The lowest BCUT2D eigenvalue weighted by atomic mass is 9.88. The summed E-state index contributed by atoms with van der Waals surface area (Å²) in [7, 11) is 0. The topological polar surface area (TPSA) is 85.4 Å². The molecule has 1 aliphatic heterocycles. The minimum atomic E-state index is -0.543. The van der Waals surface area contributed by atoms with Crippen molar-refractivity contribution in [2.24, 2.45) is 11.8 Å². The molecule has 0 amide bonds. The van der Waals surface area contributed by atoms with Crippen molar-refractivity contribution in [3.05, 3.63) is 12.2 Å². The Morgan fingerprint density at radius 3 is 2.21 bits per heavy atom. The summed E-state index contributed by atoms with van der Waals surface area (Å²) in [6.45, 7) is 0.671. The SMILES string of the molecule is O=C(/C=C\C(=O)OCC1CCC2OC2C1)OCC1CCCC(O)C1. The first kappa shape index (κ1) is 17.4. The normalized spacial score (nSPS) is 35.3. The van der Waals surface area contributed by atoms with E-state index < -0.39 is 11.9 Å². The summed E-state index contributed by atoms with van der Waals surface area (Å²) in [5.74, 6) is -0.494. The maximum absolute atomic E-state index is 11.6. The van der Waals surface area contributed by atoms with Crippen LogP contribution < -0.4 is 0 Å². The lowest BCUT2D eigenvalue weighted by Gasteiger charge is -2.25. The molecular formula is C18H26O6. The molecular weight excluding hydrogens is 312 g/mol. The van der Waals surface area contributed by atoms with Gasteiger partial charge in [0.05, 0.1) is 31.5 Å². The van der Waals surface area contributed by atoms with Gasteiger partial charge in [-0.15, -0.1) is 0 Å². The molecule has 5 unspecified atom stereocenters. The highest BCUT2D eigenvalue weighted by atomic mass is 16.6. The van der Waals surface area contributed by atoms with Gasteiger partial charge < -0.3 is 19.3 Å². The maximum Gasteiger partial charge on any atom is 0.331 e. The number of aliphatic hydroxyl groups is 1. The van der Waals surface area contributed by atoms with E-state index in [0.717, 1.165) is 50.7 Å². The number of fused-ring (bicyclic) bond motifs is 1. The van der Waals surface area contributed by atoms with Crippen LogP contribution in [0.5, 0.6) is 0 Å². The number of rotatable bonds is 6. The molecule has 5 atom stereocenters. The molecule has 24 heavy (non-hydrogen) atoms. The van der Waals surface area contributed by atoms with Crippen molar-refractivity contribution in [2.45, 2.75) is 63.3 Å². The third-order valence-electron chi connectivity index (χ3n) is 5.15. The zero-order valence-corrected chi connectivity index (χ0v) is 13.9. The Kier molecular flexibility index (Phi) is 5.89. The van der Waals surface area contributed by atoms with Crippen LogP contribution in [-0.4, -0.2) is 48.6 Å². The van der Waals surface area contributed by atoms with Crippen LogP contribution >= 0.6 is 0 Å². The van der Waals surface area contributed by atoms with E-state index in [1.54, 1.807) is 0 Å². The largest absolute Gasteiger partial charge is 0.462 e. The van der Waals surface area contributed by atoms with E-state index >= 15 is 0 Å². The molecule has 134 valence electrons. The Labute approximate surface area is 142 Å². The number of hydrogen-bond acceptors (Lipinski definition) is 6. The summed E-state index contributed by atoms with van der Waals surface area (Å²) in [6.07, 6.45) is 9.20. The minimum Gasteiger partial charge on any atom is -0.462 e. The first-order valence-electron chi connectivity index (χ1n) is 8.95. The standard InChI is InChI=1S/C18H26O6/c19-14-3-1-2-12(8-14)10-22-17(20)6-7-18(21)23-11-13-4-5-15-16(9-13)24-15/h6-7,12-16,19H,1-5,8-11H2/b7-6-. The van der Waals surface area contributed by atoms with Gasteiger partial charge in [0.15, 0.2) is 0 Å². The Morgan fingerprint density at radius 2 is 1.58 bits per heavy atom. The van der Waals surface area contributed by atoms with Gasteiger partial charge in [0.25, 0.3) is 0 Å². The smallest absolute Gasteiger partial charge is 0.331 e. The molecule has 2 saturated carbocycles. The molecule has 3 fully saturated rings. The van der Waals surface area contributed by atoms with E-state index in [4.69, 9.17) is 14.2 Å². The molecule has 0 bridgehead atoms. The Balaban J connectivity index is 1.29. The molecule has 0 radical (unpaired) electrons. The molecule has 6 heteroatoms. The third-order valence-corrected chi connectivity index (χ3v) is 5.15. The van der Waals surface area contributed by atoms with Crippen molar-refractivity contribution in [3.63, 3.8) is 0 Å². The maximum atomic E-state index is 11.6. The molecule has 0 aromatic carbocycles. The van der Waals surface area contributed by atoms with Crippen LogP contribution in [-0.2, 0) is 23.8 Å². The van der Waals surface area contributed by atoms with Crippen LogP contribution in [0.1, 0.15) is 44.9 Å². The molecule has 1 N–H and O–H groups in total. The number of carbonyl (C=O) groups is 2. The van der Waals surface area contributed by atoms with Crippen LogP contribution in [0.3, 0.4) is 0 Å². The van der Waals surface area contributed by atoms with E-state index in [9.17, 15) is 14.7 Å². The summed E-state index contributed by atoms with van der Waals surface area (Å²) in [6, 6.07) is 0. The lowest BCUT2D eigenvalue weighted by molar-refractivity contribution is -0.142. The van der Waals surface area contributed by atoms with Crippen LogP contribution in [0.2, 0.25) is 0 Å². The Bertz CT molecular complexity index is 464. The van der Waals surface area contributed by atoms with Crippen molar-refractivity contribution < 1.29 is 28.9 Å². The van der Waals surface area contributed by atoms with Crippen molar-refractivity contribution >= 4 is 11.9 Å². The zero-order chi connectivity index (χ0) is 16.9. The highest BCUT2D eigenvalue weighted by molar-refractivity contribution is 5.91. The Hall–Kier alpha value is -1.40. The van der Waals surface area contributed by atoms with Crippen molar-refractivity contribution in [3.8, 4) is 0 Å². The second-order valence-corrected chi connectivity index (χ2v) is 7.17. The van der Waals surface area contributed by atoms with Gasteiger partial charge in [-0.05, 0) is 50.4 Å². The Morgan fingerprint density at radius 1 is 0.917 bits per heavy atom. The number of carbonyl (C=O) groups excluding carboxylic acids is 2. The predicted octanol–water partition coefficient (Wildman–Crippen LogP) is 1.75. The fraction of sp³-hybridized carbons (Fsp3) is 0.778. The van der Waals surface area contributed by atoms with Crippen molar-refractivity contribution in [1.82, 2.24) is 0 Å². The molecule has 6 nitrogen and oxygen atoms in total. The zero-order valence-electron chi connectivity index (χ0n) is 13.9. The number of epoxide rings is 1. The molecule has 0 spiro atoms. The van der Waals surface area contributed by atoms with E-state index in [1.165, 1.54) is 0 Å². The second kappa shape index (κ2) is 8.12. The van der Waals surface area contributed by atoms with Gasteiger partial charge in [0.2, 0.25) is 0 Å². The lowest BCUT2D eigenvalue weighted by Crippen LogP contribution is -2.24. The summed E-state index contributed by atoms with van der Waals surface area (Å²) in [5, 5.41) is 9.58. The molecule has 1 saturated heterocycles. The van der Waals surface area contributed by atoms with Crippen LogP contribution in [0, 0.1) is 11.8 Å².